The van der Waals surface area contributed by atoms with Gasteiger partial charge in [0.05, 0.1) is 18.8 Å². The van der Waals surface area contributed by atoms with Crippen molar-refractivity contribution in [3.63, 3.8) is 0 Å². The predicted octanol–water partition coefficient (Wildman–Crippen LogP) is 7.37. The van der Waals surface area contributed by atoms with Gasteiger partial charge in [-0.15, -0.1) is 0 Å². The molecule has 0 bridgehead atoms. The first-order valence-corrected chi connectivity index (χ1v) is 13.0. The minimum atomic E-state index is -0.801. The highest BCUT2D eigenvalue weighted by Gasteiger charge is 2.48. The van der Waals surface area contributed by atoms with Crippen molar-refractivity contribution in [1.29, 1.82) is 0 Å². The summed E-state index contributed by atoms with van der Waals surface area (Å²) < 4.78 is 11.4. The van der Waals surface area contributed by atoms with E-state index in [4.69, 9.17) is 9.47 Å². The van der Waals surface area contributed by atoms with Crippen molar-refractivity contribution in [1.82, 2.24) is 4.90 Å². The number of carbonyl (C=O) groups excluding carboxylic acids is 1. The van der Waals surface area contributed by atoms with Crippen molar-refractivity contribution in [2.45, 2.75) is 149 Å². The van der Waals surface area contributed by atoms with Crippen LogP contribution in [0.15, 0.2) is 11.6 Å². The lowest BCUT2D eigenvalue weighted by Gasteiger charge is -2.36. The standard InChI is InChI=1S/C27H51NO4/c1-8-9-10-11-12-13-14-15-16-17-18-19-20-22(2)24(29)23-21-31-27(6,7)28(23)25(30)32-26(3,4)5/h20,23-24,29H,8-19,21H2,1-7H3/t23-,24+/m1/s1. The molecule has 5 heteroatoms. The molecule has 0 saturated carbocycles. The van der Waals surface area contributed by atoms with Crippen LogP contribution in [0.2, 0.25) is 0 Å². The number of aliphatic hydroxyl groups is 1. The average molecular weight is 454 g/mol. The van der Waals surface area contributed by atoms with Gasteiger partial charge in [0, 0.05) is 0 Å². The van der Waals surface area contributed by atoms with E-state index in [0.717, 1.165) is 18.4 Å². The Balaban J connectivity index is 2.37. The van der Waals surface area contributed by atoms with Crippen LogP contribution in [-0.4, -0.2) is 46.2 Å². The van der Waals surface area contributed by atoms with Crippen LogP contribution >= 0.6 is 0 Å². The highest BCUT2D eigenvalue weighted by atomic mass is 16.6. The van der Waals surface area contributed by atoms with E-state index < -0.39 is 29.6 Å². The van der Waals surface area contributed by atoms with Gasteiger partial charge in [0.25, 0.3) is 0 Å². The van der Waals surface area contributed by atoms with Crippen molar-refractivity contribution in [2.24, 2.45) is 0 Å². The van der Waals surface area contributed by atoms with E-state index in [-0.39, 0.29) is 0 Å². The van der Waals surface area contributed by atoms with Gasteiger partial charge in [-0.2, -0.15) is 0 Å². The molecule has 0 aromatic rings. The van der Waals surface area contributed by atoms with Crippen LogP contribution in [0.4, 0.5) is 4.79 Å². The zero-order chi connectivity index (χ0) is 24.2. The summed E-state index contributed by atoms with van der Waals surface area (Å²) in [5, 5.41) is 10.9. The molecule has 0 spiro atoms. The first kappa shape index (κ1) is 29.0. The molecule has 1 rings (SSSR count). The zero-order valence-electron chi connectivity index (χ0n) is 22.0. The Morgan fingerprint density at radius 1 is 1.06 bits per heavy atom. The van der Waals surface area contributed by atoms with Crippen LogP contribution in [0.1, 0.15) is 126 Å². The largest absolute Gasteiger partial charge is 0.444 e. The third-order valence-corrected chi connectivity index (χ3v) is 6.21. The Morgan fingerprint density at radius 2 is 1.56 bits per heavy atom. The van der Waals surface area contributed by atoms with Gasteiger partial charge in [0.1, 0.15) is 11.3 Å². The van der Waals surface area contributed by atoms with Gasteiger partial charge in [-0.3, -0.25) is 4.90 Å². The molecule has 0 aromatic heterocycles. The fourth-order valence-electron chi connectivity index (χ4n) is 4.29. The van der Waals surface area contributed by atoms with E-state index in [9.17, 15) is 9.90 Å². The number of carbonyl (C=O) groups is 1. The lowest BCUT2D eigenvalue weighted by atomic mass is 10.0. The summed E-state index contributed by atoms with van der Waals surface area (Å²) in [6.07, 6.45) is 16.5. The van der Waals surface area contributed by atoms with Crippen LogP contribution in [0.5, 0.6) is 0 Å². The number of allylic oxidation sites excluding steroid dienone is 1. The summed E-state index contributed by atoms with van der Waals surface area (Å²) in [5.41, 5.74) is -0.493. The molecule has 1 aliphatic heterocycles. The molecule has 0 unspecified atom stereocenters. The lowest BCUT2D eigenvalue weighted by molar-refractivity contribution is -0.0664. The summed E-state index contributed by atoms with van der Waals surface area (Å²) in [7, 11) is 0. The van der Waals surface area contributed by atoms with Crippen molar-refractivity contribution in [3.8, 4) is 0 Å². The SMILES string of the molecule is CCCCCCCCCCCCCC=C(C)[C@H](O)[C@H]1COC(C)(C)N1C(=O)OC(C)(C)C. The van der Waals surface area contributed by atoms with Crippen molar-refractivity contribution >= 4 is 6.09 Å². The van der Waals surface area contributed by atoms with Crippen LogP contribution in [0.25, 0.3) is 0 Å². The molecule has 1 aliphatic rings. The minimum Gasteiger partial charge on any atom is -0.444 e. The Labute approximate surface area is 197 Å². The number of hydrogen-bond donors (Lipinski definition) is 1. The molecule has 2 atom stereocenters. The fraction of sp³-hybridized carbons (Fsp3) is 0.889. The fourth-order valence-corrected chi connectivity index (χ4v) is 4.29. The quantitative estimate of drug-likeness (QED) is 0.220. The van der Waals surface area contributed by atoms with E-state index in [0.29, 0.717) is 6.61 Å². The number of amides is 1. The number of ether oxygens (including phenoxy) is 2. The van der Waals surface area contributed by atoms with E-state index in [2.05, 4.69) is 13.0 Å². The minimum absolute atomic E-state index is 0.303. The van der Waals surface area contributed by atoms with Gasteiger partial charge in [-0.05, 0) is 60.0 Å². The zero-order valence-corrected chi connectivity index (χ0v) is 22.0. The Hall–Kier alpha value is -1.07. The van der Waals surface area contributed by atoms with E-state index in [1.54, 1.807) is 4.90 Å². The first-order valence-electron chi connectivity index (χ1n) is 13.0. The maximum absolute atomic E-state index is 12.8. The van der Waals surface area contributed by atoms with Crippen LogP contribution in [-0.2, 0) is 9.47 Å². The Morgan fingerprint density at radius 3 is 2.06 bits per heavy atom. The summed E-state index contributed by atoms with van der Waals surface area (Å²) in [5.74, 6) is 0. The van der Waals surface area contributed by atoms with Crippen LogP contribution in [0.3, 0.4) is 0 Å². The summed E-state index contributed by atoms with van der Waals surface area (Å²) in [4.78, 5) is 14.3. The van der Waals surface area contributed by atoms with E-state index in [1.165, 1.54) is 64.2 Å². The van der Waals surface area contributed by atoms with Gasteiger partial charge < -0.3 is 14.6 Å². The summed E-state index contributed by atoms with van der Waals surface area (Å²) in [6.45, 7) is 13.7. The molecular formula is C27H51NO4. The Bertz CT molecular complexity index is 564. The molecule has 1 fully saturated rings. The maximum Gasteiger partial charge on any atom is 0.413 e. The summed E-state index contributed by atoms with van der Waals surface area (Å²) in [6, 6.07) is -0.437. The highest BCUT2D eigenvalue weighted by Crippen LogP contribution is 2.32. The second kappa shape index (κ2) is 14.2. The third kappa shape index (κ3) is 10.7. The van der Waals surface area contributed by atoms with Crippen molar-refractivity contribution in [2.75, 3.05) is 6.61 Å². The topological polar surface area (TPSA) is 59.0 Å². The van der Waals surface area contributed by atoms with Gasteiger partial charge in [0.15, 0.2) is 0 Å². The first-order chi connectivity index (χ1) is 15.0. The molecule has 188 valence electrons. The third-order valence-electron chi connectivity index (χ3n) is 6.21. The van der Waals surface area contributed by atoms with Crippen molar-refractivity contribution < 1.29 is 19.4 Å². The molecule has 0 aromatic carbocycles. The second-order valence-electron chi connectivity index (χ2n) is 10.9. The number of unbranched alkanes of at least 4 members (excludes halogenated alkanes) is 11. The molecule has 1 saturated heterocycles. The number of rotatable bonds is 14. The molecular weight excluding hydrogens is 402 g/mol. The number of hydrogen-bond acceptors (Lipinski definition) is 4. The number of aliphatic hydroxyl groups excluding tert-OH is 1. The molecule has 5 nitrogen and oxygen atoms in total. The number of nitrogens with zero attached hydrogens (tertiary/aromatic N) is 1. The second-order valence-corrected chi connectivity index (χ2v) is 10.9. The molecule has 0 radical (unpaired) electrons. The predicted molar refractivity (Wildman–Crippen MR) is 133 cm³/mol. The Kier molecular flexibility index (Phi) is 12.9. The molecule has 32 heavy (non-hydrogen) atoms. The van der Waals surface area contributed by atoms with Gasteiger partial charge >= 0.3 is 6.09 Å². The lowest BCUT2D eigenvalue weighted by Crippen LogP contribution is -2.53. The smallest absolute Gasteiger partial charge is 0.413 e. The van der Waals surface area contributed by atoms with E-state index >= 15 is 0 Å². The van der Waals surface area contributed by atoms with Gasteiger partial charge in [0.2, 0.25) is 0 Å². The summed E-state index contributed by atoms with van der Waals surface area (Å²) >= 11 is 0. The molecule has 1 amide bonds. The normalized spacial score (nSPS) is 19.9. The van der Waals surface area contributed by atoms with Crippen molar-refractivity contribution in [3.05, 3.63) is 11.6 Å². The molecule has 1 N–H and O–H groups in total. The maximum atomic E-state index is 12.8. The van der Waals surface area contributed by atoms with Crippen LogP contribution < -0.4 is 0 Å². The van der Waals surface area contributed by atoms with Crippen LogP contribution in [0, 0.1) is 0 Å². The average Bonchev–Trinajstić information content (AvgIpc) is 3.01. The van der Waals surface area contributed by atoms with Gasteiger partial charge in [-0.25, -0.2) is 4.79 Å². The highest BCUT2D eigenvalue weighted by molar-refractivity contribution is 5.70. The molecule has 1 heterocycles. The van der Waals surface area contributed by atoms with E-state index in [1.807, 2.05) is 41.5 Å². The molecule has 0 aliphatic carbocycles. The monoisotopic (exact) mass is 453 g/mol. The van der Waals surface area contributed by atoms with Gasteiger partial charge in [-0.1, -0.05) is 77.2 Å².